The number of nitrogens with zero attached hydrogens (tertiary/aromatic N) is 2. The van der Waals surface area contributed by atoms with Crippen LogP contribution in [0.25, 0.3) is 0 Å². The number of esters is 1. The molecule has 0 amide bonds. The molecule has 0 bridgehead atoms. The number of rotatable bonds is 6. The van der Waals surface area contributed by atoms with Crippen molar-refractivity contribution in [2.24, 2.45) is 5.41 Å². The molecule has 19 heavy (non-hydrogen) atoms. The second-order valence-electron chi connectivity index (χ2n) is 5.46. The maximum atomic E-state index is 11.7. The van der Waals surface area contributed by atoms with E-state index in [2.05, 4.69) is 17.3 Å². The Morgan fingerprint density at radius 3 is 2.58 bits per heavy atom. The summed E-state index contributed by atoms with van der Waals surface area (Å²) in [5.74, 6) is -0.215. The lowest BCUT2D eigenvalue weighted by Crippen LogP contribution is -2.31. The zero-order chi connectivity index (χ0) is 14.6. The first-order valence-electron chi connectivity index (χ1n) is 6.65. The normalized spacial score (nSPS) is 11.7. The summed E-state index contributed by atoms with van der Waals surface area (Å²) in [6.07, 6.45) is 0. The Hall–Kier alpha value is -1.36. The largest absolute Gasteiger partial charge is 0.469 e. The van der Waals surface area contributed by atoms with Gasteiger partial charge in [-0.05, 0) is 34.2 Å². The first kappa shape index (κ1) is 15.7. The Kier molecular flexibility index (Phi) is 5.11. The first-order chi connectivity index (χ1) is 8.83. The average Bonchev–Trinajstić information content (AvgIpc) is 2.60. The second-order valence-corrected chi connectivity index (χ2v) is 5.46. The van der Waals surface area contributed by atoms with E-state index < -0.39 is 5.41 Å². The van der Waals surface area contributed by atoms with Crippen LogP contribution >= 0.6 is 0 Å². The molecule has 0 unspecified atom stereocenters. The van der Waals surface area contributed by atoms with Gasteiger partial charge in [-0.25, -0.2) is 0 Å². The Labute approximate surface area is 115 Å². The number of hydrogen-bond acceptors (Lipinski definition) is 4. The van der Waals surface area contributed by atoms with E-state index in [4.69, 9.17) is 4.74 Å². The summed E-state index contributed by atoms with van der Waals surface area (Å²) in [4.78, 5) is 11.7. The van der Waals surface area contributed by atoms with E-state index in [0.717, 1.165) is 24.5 Å². The van der Waals surface area contributed by atoms with Crippen LogP contribution in [0.1, 0.15) is 37.7 Å². The van der Waals surface area contributed by atoms with Crippen LogP contribution in [0.5, 0.6) is 0 Å². The zero-order valence-electron chi connectivity index (χ0n) is 12.8. The number of nitrogens with one attached hydrogen (secondary N) is 1. The van der Waals surface area contributed by atoms with Crippen molar-refractivity contribution in [2.45, 2.75) is 47.7 Å². The highest BCUT2D eigenvalue weighted by molar-refractivity contribution is 5.75. The third-order valence-electron chi connectivity index (χ3n) is 3.37. The van der Waals surface area contributed by atoms with Crippen LogP contribution in [0.2, 0.25) is 0 Å². The standard InChI is InChI=1S/C14H25N3O2/c1-7-15-8-12-10(2)16-17(11(12)3)9-14(4,5)13(18)19-6/h15H,7-9H2,1-6H3. The van der Waals surface area contributed by atoms with E-state index in [1.807, 2.05) is 32.4 Å². The predicted molar refractivity (Wildman–Crippen MR) is 74.9 cm³/mol. The van der Waals surface area contributed by atoms with E-state index in [-0.39, 0.29) is 5.97 Å². The predicted octanol–water partition coefficient (Wildman–Crippen LogP) is 1.81. The van der Waals surface area contributed by atoms with Gasteiger partial charge in [0.2, 0.25) is 0 Å². The topological polar surface area (TPSA) is 56.2 Å². The van der Waals surface area contributed by atoms with Crippen molar-refractivity contribution < 1.29 is 9.53 Å². The van der Waals surface area contributed by atoms with Gasteiger partial charge < -0.3 is 10.1 Å². The minimum atomic E-state index is -0.576. The lowest BCUT2D eigenvalue weighted by molar-refractivity contribution is -0.151. The molecule has 1 heterocycles. The molecule has 0 saturated heterocycles. The van der Waals surface area contributed by atoms with Crippen molar-refractivity contribution in [3.05, 3.63) is 17.0 Å². The molecule has 0 aliphatic carbocycles. The van der Waals surface area contributed by atoms with E-state index in [1.165, 1.54) is 12.7 Å². The quantitative estimate of drug-likeness (QED) is 0.799. The lowest BCUT2D eigenvalue weighted by Gasteiger charge is -2.22. The van der Waals surface area contributed by atoms with Crippen LogP contribution in [0.4, 0.5) is 0 Å². The second kappa shape index (κ2) is 6.19. The number of carbonyl (C=O) groups is 1. The molecule has 0 saturated carbocycles. The molecule has 0 atom stereocenters. The molecule has 1 aromatic rings. The summed E-state index contributed by atoms with van der Waals surface area (Å²) >= 11 is 0. The van der Waals surface area contributed by atoms with Gasteiger partial charge in [-0.2, -0.15) is 5.10 Å². The van der Waals surface area contributed by atoms with Gasteiger partial charge in [-0.15, -0.1) is 0 Å². The SMILES string of the molecule is CCNCc1c(C)nn(CC(C)(C)C(=O)OC)c1C. The molecule has 0 radical (unpaired) electrons. The molecular formula is C14H25N3O2. The van der Waals surface area contributed by atoms with E-state index >= 15 is 0 Å². The Morgan fingerprint density at radius 1 is 1.42 bits per heavy atom. The van der Waals surface area contributed by atoms with Crippen molar-refractivity contribution in [2.75, 3.05) is 13.7 Å². The number of aryl methyl sites for hydroxylation is 1. The molecule has 5 heteroatoms. The smallest absolute Gasteiger partial charge is 0.313 e. The van der Waals surface area contributed by atoms with Crippen LogP contribution in [-0.4, -0.2) is 29.4 Å². The van der Waals surface area contributed by atoms with Crippen molar-refractivity contribution in [1.82, 2.24) is 15.1 Å². The first-order valence-corrected chi connectivity index (χ1v) is 6.65. The van der Waals surface area contributed by atoms with Crippen molar-refractivity contribution in [3.63, 3.8) is 0 Å². The van der Waals surface area contributed by atoms with E-state index in [1.54, 1.807) is 0 Å². The van der Waals surface area contributed by atoms with Gasteiger partial charge in [-0.1, -0.05) is 6.92 Å². The monoisotopic (exact) mass is 267 g/mol. The van der Waals surface area contributed by atoms with Crippen molar-refractivity contribution in [1.29, 1.82) is 0 Å². The summed E-state index contributed by atoms with van der Waals surface area (Å²) < 4.78 is 6.74. The van der Waals surface area contributed by atoms with Crippen LogP contribution in [0, 0.1) is 19.3 Å². The molecular weight excluding hydrogens is 242 g/mol. The van der Waals surface area contributed by atoms with Crippen molar-refractivity contribution in [3.8, 4) is 0 Å². The molecule has 1 N–H and O–H groups in total. The van der Waals surface area contributed by atoms with Crippen LogP contribution in [0.3, 0.4) is 0 Å². The fourth-order valence-electron chi connectivity index (χ4n) is 2.11. The molecule has 5 nitrogen and oxygen atoms in total. The number of ether oxygens (including phenoxy) is 1. The van der Waals surface area contributed by atoms with Crippen LogP contribution < -0.4 is 5.32 Å². The molecule has 0 spiro atoms. The third kappa shape index (κ3) is 3.56. The minimum absolute atomic E-state index is 0.215. The zero-order valence-corrected chi connectivity index (χ0v) is 12.8. The van der Waals surface area contributed by atoms with Crippen molar-refractivity contribution >= 4 is 5.97 Å². The summed E-state index contributed by atoms with van der Waals surface area (Å²) in [6.45, 7) is 12.1. The fraction of sp³-hybridized carbons (Fsp3) is 0.714. The summed E-state index contributed by atoms with van der Waals surface area (Å²) in [5.41, 5.74) is 2.75. The number of methoxy groups -OCH3 is 1. The van der Waals surface area contributed by atoms with Gasteiger partial charge in [-0.3, -0.25) is 9.48 Å². The average molecular weight is 267 g/mol. The Bertz CT molecular complexity index is 450. The molecule has 1 rings (SSSR count). The van der Waals surface area contributed by atoms with Gasteiger partial charge in [0.1, 0.15) is 0 Å². The highest BCUT2D eigenvalue weighted by Gasteiger charge is 2.30. The summed E-state index contributed by atoms with van der Waals surface area (Å²) in [6, 6.07) is 0. The molecule has 0 aliphatic rings. The lowest BCUT2D eigenvalue weighted by atomic mass is 9.94. The molecule has 0 aliphatic heterocycles. The van der Waals surface area contributed by atoms with Gasteiger partial charge in [0.25, 0.3) is 0 Å². The van der Waals surface area contributed by atoms with Gasteiger partial charge in [0, 0.05) is 17.8 Å². The highest BCUT2D eigenvalue weighted by Crippen LogP contribution is 2.22. The maximum absolute atomic E-state index is 11.7. The van der Waals surface area contributed by atoms with Gasteiger partial charge >= 0.3 is 5.97 Å². The fourth-order valence-corrected chi connectivity index (χ4v) is 2.11. The Morgan fingerprint density at radius 2 is 2.05 bits per heavy atom. The van der Waals surface area contributed by atoms with Gasteiger partial charge in [0.05, 0.1) is 24.8 Å². The third-order valence-corrected chi connectivity index (χ3v) is 3.37. The highest BCUT2D eigenvalue weighted by atomic mass is 16.5. The molecule has 108 valence electrons. The van der Waals surface area contributed by atoms with E-state index in [0.29, 0.717) is 6.54 Å². The Balaban J connectivity index is 2.94. The van der Waals surface area contributed by atoms with Crippen LogP contribution in [-0.2, 0) is 22.6 Å². The number of aromatic nitrogens is 2. The molecule has 0 aromatic carbocycles. The summed E-state index contributed by atoms with van der Waals surface area (Å²) in [5, 5.41) is 7.85. The number of hydrogen-bond donors (Lipinski definition) is 1. The minimum Gasteiger partial charge on any atom is -0.469 e. The summed E-state index contributed by atoms with van der Waals surface area (Å²) in [7, 11) is 1.42. The van der Waals surface area contributed by atoms with E-state index in [9.17, 15) is 4.79 Å². The number of carbonyl (C=O) groups excluding carboxylic acids is 1. The maximum Gasteiger partial charge on any atom is 0.313 e. The molecule has 0 fully saturated rings. The molecule has 1 aromatic heterocycles. The van der Waals surface area contributed by atoms with Gasteiger partial charge in [0.15, 0.2) is 0 Å². The van der Waals surface area contributed by atoms with Crippen LogP contribution in [0.15, 0.2) is 0 Å².